The number of fused-ring (bicyclic) bond motifs is 1. The van der Waals surface area contributed by atoms with Gasteiger partial charge in [-0.25, -0.2) is 9.89 Å². The second-order valence-corrected chi connectivity index (χ2v) is 5.21. The molecule has 0 fully saturated rings. The number of carbonyl (C=O) groups is 1. The third-order valence-corrected chi connectivity index (χ3v) is 3.61. The normalized spacial score (nSPS) is 11.0. The third-order valence-electron chi connectivity index (χ3n) is 3.61. The largest absolute Gasteiger partial charge is 0.329 e. The van der Waals surface area contributed by atoms with E-state index >= 15 is 0 Å². The number of H-pyrrole nitrogens is 1. The quantitative estimate of drug-likeness (QED) is 0.718. The van der Waals surface area contributed by atoms with E-state index in [2.05, 4.69) is 20.5 Å². The van der Waals surface area contributed by atoms with Crippen LogP contribution in [-0.2, 0) is 17.9 Å². The van der Waals surface area contributed by atoms with E-state index in [1.807, 2.05) is 31.2 Å². The van der Waals surface area contributed by atoms with Gasteiger partial charge < -0.3 is 0 Å². The monoisotopic (exact) mass is 314 g/mol. The molecule has 0 aliphatic heterocycles. The van der Waals surface area contributed by atoms with Gasteiger partial charge >= 0.3 is 5.69 Å². The molecule has 0 aliphatic rings. The smallest absolute Gasteiger partial charge is 0.295 e. The number of imidazole rings is 1. The molecule has 0 radical (unpaired) electrons. The molecular formula is C15H18N6O2. The number of aromatic amines is 1. The molecule has 0 spiro atoms. The van der Waals surface area contributed by atoms with Crippen LogP contribution >= 0.6 is 0 Å². The number of para-hydroxylation sites is 2. The number of nitrogens with one attached hydrogen (secondary N) is 2. The Hall–Kier alpha value is -2.90. The molecule has 23 heavy (non-hydrogen) atoms. The van der Waals surface area contributed by atoms with Gasteiger partial charge in [0.1, 0.15) is 6.33 Å². The van der Waals surface area contributed by atoms with Crippen LogP contribution in [0.4, 0.5) is 5.95 Å². The number of carbonyl (C=O) groups excluding carboxylic acids is 1. The first-order valence-electron chi connectivity index (χ1n) is 7.54. The molecular weight excluding hydrogens is 296 g/mol. The highest BCUT2D eigenvalue weighted by Crippen LogP contribution is 2.13. The van der Waals surface area contributed by atoms with Crippen molar-refractivity contribution in [2.24, 2.45) is 0 Å². The molecule has 0 unspecified atom stereocenters. The highest BCUT2D eigenvalue weighted by atomic mass is 16.2. The first-order valence-corrected chi connectivity index (χ1v) is 7.54. The van der Waals surface area contributed by atoms with Gasteiger partial charge in [-0.05, 0) is 18.6 Å². The Bertz CT molecular complexity index is 862. The number of anilines is 1. The number of amides is 1. The summed E-state index contributed by atoms with van der Waals surface area (Å²) in [6.45, 7) is 3.01. The van der Waals surface area contributed by atoms with Crippen LogP contribution in [0.15, 0.2) is 35.4 Å². The summed E-state index contributed by atoms with van der Waals surface area (Å²) in [7, 11) is 0. The Morgan fingerprint density at radius 2 is 1.91 bits per heavy atom. The molecule has 0 saturated carbocycles. The molecule has 2 heterocycles. The van der Waals surface area contributed by atoms with Gasteiger partial charge in [0.15, 0.2) is 0 Å². The van der Waals surface area contributed by atoms with Crippen molar-refractivity contribution in [3.63, 3.8) is 0 Å². The van der Waals surface area contributed by atoms with Gasteiger partial charge in [0, 0.05) is 19.5 Å². The second-order valence-electron chi connectivity index (χ2n) is 5.21. The minimum Gasteiger partial charge on any atom is -0.295 e. The Morgan fingerprint density at radius 3 is 2.52 bits per heavy atom. The maximum Gasteiger partial charge on any atom is 0.329 e. The molecule has 0 aliphatic carbocycles. The highest BCUT2D eigenvalue weighted by Gasteiger charge is 2.13. The lowest BCUT2D eigenvalue weighted by Crippen LogP contribution is -2.26. The minimum atomic E-state index is -0.221. The number of rotatable bonds is 6. The van der Waals surface area contributed by atoms with E-state index < -0.39 is 0 Å². The van der Waals surface area contributed by atoms with Crippen LogP contribution in [0.2, 0.25) is 0 Å². The number of nitrogens with zero attached hydrogens (tertiary/aromatic N) is 4. The van der Waals surface area contributed by atoms with Crippen LogP contribution in [0.1, 0.15) is 19.8 Å². The summed E-state index contributed by atoms with van der Waals surface area (Å²) in [6, 6.07) is 7.63. The first-order chi connectivity index (χ1) is 11.2. The fourth-order valence-corrected chi connectivity index (χ4v) is 2.60. The molecule has 0 bridgehead atoms. The number of hydrogen-bond donors (Lipinski definition) is 2. The van der Waals surface area contributed by atoms with E-state index in [9.17, 15) is 9.59 Å². The van der Waals surface area contributed by atoms with E-state index in [1.165, 1.54) is 6.33 Å². The lowest BCUT2D eigenvalue weighted by atomic mass is 10.3. The molecule has 8 nitrogen and oxygen atoms in total. The summed E-state index contributed by atoms with van der Waals surface area (Å²) in [5.41, 5.74) is 1.66. The van der Waals surface area contributed by atoms with Crippen LogP contribution in [0, 0.1) is 0 Å². The van der Waals surface area contributed by atoms with Crippen LogP contribution in [0.5, 0.6) is 0 Å². The lowest BCUT2D eigenvalue weighted by Gasteiger charge is -2.03. The average Bonchev–Trinajstić information content (AvgIpc) is 3.14. The Labute approximate surface area is 132 Å². The topological polar surface area (TPSA) is 97.6 Å². The van der Waals surface area contributed by atoms with Crippen LogP contribution < -0.4 is 11.0 Å². The molecule has 2 N–H and O–H groups in total. The van der Waals surface area contributed by atoms with Crippen molar-refractivity contribution in [3.05, 3.63) is 41.1 Å². The van der Waals surface area contributed by atoms with Crippen molar-refractivity contribution in [1.29, 1.82) is 0 Å². The third kappa shape index (κ3) is 3.01. The van der Waals surface area contributed by atoms with E-state index in [0.29, 0.717) is 19.0 Å². The molecule has 8 heteroatoms. The van der Waals surface area contributed by atoms with Crippen molar-refractivity contribution in [2.45, 2.75) is 32.9 Å². The Balaban J connectivity index is 1.81. The van der Waals surface area contributed by atoms with E-state index in [4.69, 9.17) is 0 Å². The predicted molar refractivity (Wildman–Crippen MR) is 86.1 cm³/mol. The van der Waals surface area contributed by atoms with Gasteiger partial charge in [-0.15, -0.1) is 0 Å². The van der Waals surface area contributed by atoms with Crippen LogP contribution in [0.3, 0.4) is 0 Å². The number of aromatic nitrogens is 5. The Kier molecular flexibility index (Phi) is 4.22. The summed E-state index contributed by atoms with van der Waals surface area (Å²) >= 11 is 0. The zero-order valence-corrected chi connectivity index (χ0v) is 12.8. The molecule has 1 aromatic carbocycles. The van der Waals surface area contributed by atoms with Crippen molar-refractivity contribution in [1.82, 2.24) is 24.3 Å². The SMILES string of the molecule is CCCn1c(=O)n(CCC(=O)Nc2ncn[nH]2)c2ccccc21. The minimum absolute atomic E-state index is 0.0829. The molecule has 2 aromatic heterocycles. The van der Waals surface area contributed by atoms with Crippen molar-refractivity contribution < 1.29 is 4.79 Å². The maximum atomic E-state index is 12.6. The van der Waals surface area contributed by atoms with Crippen LogP contribution in [0.25, 0.3) is 11.0 Å². The number of benzene rings is 1. The fraction of sp³-hybridized carbons (Fsp3) is 0.333. The van der Waals surface area contributed by atoms with Crippen LogP contribution in [-0.4, -0.2) is 30.2 Å². The molecule has 0 atom stereocenters. The zero-order chi connectivity index (χ0) is 16.2. The molecule has 3 aromatic rings. The fourth-order valence-electron chi connectivity index (χ4n) is 2.60. The average molecular weight is 314 g/mol. The van der Waals surface area contributed by atoms with Crippen molar-refractivity contribution in [2.75, 3.05) is 5.32 Å². The summed E-state index contributed by atoms with van der Waals surface area (Å²) < 4.78 is 3.40. The van der Waals surface area contributed by atoms with Gasteiger partial charge in [0.2, 0.25) is 11.9 Å². The van der Waals surface area contributed by atoms with E-state index in [1.54, 1.807) is 9.13 Å². The summed E-state index contributed by atoms with van der Waals surface area (Å²) in [5.74, 6) is 0.0803. The lowest BCUT2D eigenvalue weighted by molar-refractivity contribution is -0.116. The second kappa shape index (κ2) is 6.47. The number of hydrogen-bond acceptors (Lipinski definition) is 4. The maximum absolute atomic E-state index is 12.6. The number of aryl methyl sites for hydroxylation is 2. The van der Waals surface area contributed by atoms with Gasteiger partial charge in [-0.2, -0.15) is 10.1 Å². The van der Waals surface area contributed by atoms with Crippen molar-refractivity contribution >= 4 is 22.9 Å². The molecule has 1 amide bonds. The molecule has 0 saturated heterocycles. The molecule has 3 rings (SSSR count). The van der Waals surface area contributed by atoms with Gasteiger partial charge in [0.05, 0.1) is 11.0 Å². The van der Waals surface area contributed by atoms with Crippen molar-refractivity contribution in [3.8, 4) is 0 Å². The summed E-state index contributed by atoms with van der Waals surface area (Å²) in [6.07, 6.45) is 2.37. The predicted octanol–water partition coefficient (Wildman–Crippen LogP) is 1.36. The highest BCUT2D eigenvalue weighted by molar-refractivity contribution is 5.88. The summed E-state index contributed by atoms with van der Waals surface area (Å²) in [5, 5.41) is 8.83. The van der Waals surface area contributed by atoms with E-state index in [-0.39, 0.29) is 18.0 Å². The Morgan fingerprint density at radius 1 is 1.22 bits per heavy atom. The van der Waals surface area contributed by atoms with Gasteiger partial charge in [0.25, 0.3) is 0 Å². The van der Waals surface area contributed by atoms with Gasteiger partial charge in [-0.1, -0.05) is 19.1 Å². The van der Waals surface area contributed by atoms with E-state index in [0.717, 1.165) is 17.5 Å². The molecule has 120 valence electrons. The standard InChI is InChI=1S/C15H18N6O2/c1-2-8-20-11-5-3-4-6-12(11)21(15(20)23)9-7-13(22)18-14-16-10-17-19-14/h3-6,10H,2,7-9H2,1H3,(H2,16,17,18,19,22). The van der Waals surface area contributed by atoms with Gasteiger partial charge in [-0.3, -0.25) is 19.2 Å². The summed E-state index contributed by atoms with van der Waals surface area (Å²) in [4.78, 5) is 28.4. The first kappa shape index (κ1) is 15.0. The zero-order valence-electron chi connectivity index (χ0n) is 12.8.